The summed E-state index contributed by atoms with van der Waals surface area (Å²) in [7, 11) is 2.86. The third-order valence-electron chi connectivity index (χ3n) is 5.17. The van der Waals surface area contributed by atoms with Crippen LogP contribution < -0.4 is 4.74 Å². The van der Waals surface area contributed by atoms with Crippen molar-refractivity contribution in [2.24, 2.45) is 0 Å². The maximum Gasteiger partial charge on any atom is 0.337 e. The Morgan fingerprint density at radius 1 is 1.00 bits per heavy atom. The number of methoxy groups -OCH3 is 2. The number of fused-ring (bicyclic) bond motifs is 1. The molecule has 31 heavy (non-hydrogen) atoms. The third kappa shape index (κ3) is 3.55. The van der Waals surface area contributed by atoms with E-state index in [0.29, 0.717) is 22.4 Å². The molecule has 0 radical (unpaired) electrons. The Balaban J connectivity index is 1.92. The number of nitro groups is 1. The zero-order valence-electron chi connectivity index (χ0n) is 16.9. The molecular weight excluding hydrogens is 398 g/mol. The van der Waals surface area contributed by atoms with Crippen LogP contribution in [-0.2, 0) is 15.3 Å². The molecule has 1 aliphatic rings. The lowest BCUT2D eigenvalue weighted by Gasteiger charge is -2.39. The van der Waals surface area contributed by atoms with Gasteiger partial charge in [-0.2, -0.15) is 0 Å². The summed E-state index contributed by atoms with van der Waals surface area (Å²) in [5.41, 5.74) is 3.06. The van der Waals surface area contributed by atoms with E-state index in [4.69, 9.17) is 14.2 Å². The minimum atomic E-state index is -1.28. The Hall–Kier alpha value is -3.97. The first-order valence-electron chi connectivity index (χ1n) is 9.47. The summed E-state index contributed by atoms with van der Waals surface area (Å²) in [5.74, 6) is -1.26. The van der Waals surface area contributed by atoms with E-state index < -0.39 is 16.7 Å². The maximum absolute atomic E-state index is 11.8. The molecule has 1 aliphatic heterocycles. The van der Waals surface area contributed by atoms with Crippen LogP contribution >= 0.6 is 0 Å². The first kappa shape index (κ1) is 20.3. The molecule has 0 saturated carbocycles. The number of nitrogens with zero attached hydrogens (tertiary/aromatic N) is 1. The molecule has 0 bridgehead atoms. The van der Waals surface area contributed by atoms with Crippen LogP contribution in [0.1, 0.15) is 27.0 Å². The third-order valence-corrected chi connectivity index (χ3v) is 5.17. The van der Waals surface area contributed by atoms with E-state index in [0.717, 1.165) is 11.1 Å². The van der Waals surface area contributed by atoms with Gasteiger partial charge in [0.1, 0.15) is 5.75 Å². The van der Waals surface area contributed by atoms with Crippen molar-refractivity contribution in [3.8, 4) is 5.75 Å². The van der Waals surface area contributed by atoms with E-state index in [2.05, 4.69) is 0 Å². The Morgan fingerprint density at radius 3 is 2.32 bits per heavy atom. The Morgan fingerprint density at radius 2 is 1.71 bits per heavy atom. The molecule has 0 aliphatic carbocycles. The van der Waals surface area contributed by atoms with Crippen LogP contribution in [-0.4, -0.2) is 25.1 Å². The summed E-state index contributed by atoms with van der Waals surface area (Å²) in [6.45, 7) is 0. The van der Waals surface area contributed by atoms with Gasteiger partial charge in [0.25, 0.3) is 11.5 Å². The smallest absolute Gasteiger partial charge is 0.337 e. The van der Waals surface area contributed by atoms with Crippen LogP contribution in [0.2, 0.25) is 0 Å². The average Bonchev–Trinajstić information content (AvgIpc) is 2.82. The molecule has 0 saturated heterocycles. The van der Waals surface area contributed by atoms with Gasteiger partial charge in [0.15, 0.2) is 0 Å². The van der Waals surface area contributed by atoms with Gasteiger partial charge in [-0.1, -0.05) is 42.5 Å². The van der Waals surface area contributed by atoms with Crippen molar-refractivity contribution in [3.63, 3.8) is 0 Å². The van der Waals surface area contributed by atoms with E-state index in [9.17, 15) is 14.9 Å². The number of carbonyl (C=O) groups excluding carboxylic acids is 1. The van der Waals surface area contributed by atoms with Crippen LogP contribution in [0.15, 0.2) is 72.8 Å². The topological polar surface area (TPSA) is 87.9 Å². The summed E-state index contributed by atoms with van der Waals surface area (Å²) >= 11 is 0. The predicted octanol–water partition coefficient (Wildman–Crippen LogP) is 4.81. The lowest BCUT2D eigenvalue weighted by atomic mass is 9.87. The van der Waals surface area contributed by atoms with Crippen molar-refractivity contribution in [1.29, 1.82) is 0 Å². The number of rotatable bonds is 5. The molecule has 7 heteroatoms. The molecule has 7 nitrogen and oxygen atoms in total. The number of hydrogen-bond acceptors (Lipinski definition) is 6. The second-order valence-corrected chi connectivity index (χ2v) is 6.89. The van der Waals surface area contributed by atoms with Gasteiger partial charge in [-0.15, -0.1) is 0 Å². The van der Waals surface area contributed by atoms with Crippen molar-refractivity contribution < 1.29 is 23.9 Å². The van der Waals surface area contributed by atoms with Crippen molar-refractivity contribution in [1.82, 2.24) is 0 Å². The van der Waals surface area contributed by atoms with Crippen LogP contribution in [0.4, 0.5) is 5.69 Å². The van der Waals surface area contributed by atoms with Crippen molar-refractivity contribution in [2.45, 2.75) is 5.79 Å². The lowest BCUT2D eigenvalue weighted by Crippen LogP contribution is -2.38. The summed E-state index contributed by atoms with van der Waals surface area (Å²) in [5, 5.41) is 11.2. The Kier molecular flexibility index (Phi) is 5.27. The van der Waals surface area contributed by atoms with Crippen LogP contribution in [0.5, 0.6) is 5.75 Å². The van der Waals surface area contributed by atoms with E-state index >= 15 is 0 Å². The van der Waals surface area contributed by atoms with Gasteiger partial charge in [-0.05, 0) is 29.8 Å². The monoisotopic (exact) mass is 417 g/mol. The Labute approximate surface area is 178 Å². The largest absolute Gasteiger partial charge is 0.465 e. The van der Waals surface area contributed by atoms with Gasteiger partial charge in [-0.3, -0.25) is 10.1 Å². The highest BCUT2D eigenvalue weighted by Gasteiger charge is 2.43. The van der Waals surface area contributed by atoms with E-state index in [1.165, 1.54) is 19.2 Å². The van der Waals surface area contributed by atoms with Crippen molar-refractivity contribution >= 4 is 23.3 Å². The Bertz CT molecular complexity index is 1170. The number of nitro benzene ring substituents is 1. The molecule has 3 aromatic rings. The van der Waals surface area contributed by atoms with Gasteiger partial charge in [0.2, 0.25) is 0 Å². The summed E-state index contributed by atoms with van der Waals surface area (Å²) in [4.78, 5) is 22.6. The van der Waals surface area contributed by atoms with Gasteiger partial charge >= 0.3 is 5.97 Å². The second kappa shape index (κ2) is 8.04. The molecule has 1 unspecified atom stereocenters. The van der Waals surface area contributed by atoms with Gasteiger partial charge in [0.05, 0.1) is 17.6 Å². The summed E-state index contributed by atoms with van der Waals surface area (Å²) in [6, 6.07) is 20.7. The standard InChI is InChI=1S/C24H19NO6/c1-29-23(26)17-10-8-16(9-11-17)21-15-18-14-20(25(27)28)12-13-22(18)31-24(21,30-2)19-6-4-3-5-7-19/h3-15H,1-2H3. The number of esters is 1. The van der Waals surface area contributed by atoms with E-state index in [1.54, 1.807) is 37.4 Å². The zero-order chi connectivity index (χ0) is 22.0. The molecule has 156 valence electrons. The molecule has 3 aromatic carbocycles. The molecule has 1 atom stereocenters. The average molecular weight is 417 g/mol. The predicted molar refractivity (Wildman–Crippen MR) is 115 cm³/mol. The molecule has 0 fully saturated rings. The first-order valence-corrected chi connectivity index (χ1v) is 9.47. The fourth-order valence-electron chi connectivity index (χ4n) is 3.63. The molecule has 0 N–H and O–H groups in total. The lowest BCUT2D eigenvalue weighted by molar-refractivity contribution is -0.384. The fourth-order valence-corrected chi connectivity index (χ4v) is 3.63. The number of carbonyl (C=O) groups is 1. The minimum Gasteiger partial charge on any atom is -0.465 e. The summed E-state index contributed by atoms with van der Waals surface area (Å²) in [6.07, 6.45) is 1.81. The quantitative estimate of drug-likeness (QED) is 0.336. The van der Waals surface area contributed by atoms with Gasteiger partial charge < -0.3 is 14.2 Å². The zero-order valence-corrected chi connectivity index (χ0v) is 16.9. The van der Waals surface area contributed by atoms with E-state index in [1.807, 2.05) is 36.4 Å². The van der Waals surface area contributed by atoms with E-state index in [-0.39, 0.29) is 5.69 Å². The number of ether oxygens (including phenoxy) is 3. The fraction of sp³-hybridized carbons (Fsp3) is 0.125. The second-order valence-electron chi connectivity index (χ2n) is 6.89. The van der Waals surface area contributed by atoms with Crippen LogP contribution in [0.25, 0.3) is 11.6 Å². The molecule has 0 amide bonds. The number of hydrogen-bond donors (Lipinski definition) is 0. The highest BCUT2D eigenvalue weighted by Crippen LogP contribution is 2.47. The SMILES string of the molecule is COC(=O)c1ccc(C2=Cc3cc([N+](=O)[O-])ccc3OC2(OC)c2ccccc2)cc1. The van der Waals surface area contributed by atoms with Gasteiger partial charge in [0, 0.05) is 35.9 Å². The normalized spacial score (nSPS) is 17.2. The van der Waals surface area contributed by atoms with Crippen molar-refractivity contribution in [2.75, 3.05) is 14.2 Å². The number of non-ortho nitro benzene ring substituents is 1. The van der Waals surface area contributed by atoms with Crippen molar-refractivity contribution in [3.05, 3.63) is 105 Å². The summed E-state index contributed by atoms with van der Waals surface area (Å²) < 4.78 is 17.1. The molecular formula is C24H19NO6. The minimum absolute atomic E-state index is 0.0383. The molecule has 0 aromatic heterocycles. The molecule has 0 spiro atoms. The molecule has 4 rings (SSSR count). The maximum atomic E-state index is 11.8. The highest BCUT2D eigenvalue weighted by atomic mass is 16.7. The van der Waals surface area contributed by atoms with Crippen LogP contribution in [0, 0.1) is 10.1 Å². The first-order chi connectivity index (χ1) is 15.0. The van der Waals surface area contributed by atoms with Crippen LogP contribution in [0.3, 0.4) is 0 Å². The van der Waals surface area contributed by atoms with Gasteiger partial charge in [-0.25, -0.2) is 4.79 Å². The highest BCUT2D eigenvalue weighted by molar-refractivity contribution is 5.92. The molecule has 1 heterocycles. The number of benzene rings is 3.